The number of rotatable bonds is 3. The maximum atomic E-state index is 5.53. The fraction of sp³-hybridized carbons (Fsp3) is 0.0784. The van der Waals surface area contributed by atoms with Gasteiger partial charge in [0.25, 0.3) is 0 Å². The monoisotopic (exact) mass is 674 g/mol. The third-order valence-corrected chi connectivity index (χ3v) is 12.0. The maximum Gasteiger partial charge on any atom is 0.137 e. The summed E-state index contributed by atoms with van der Waals surface area (Å²) < 4.78 is 2.39. The van der Waals surface area contributed by atoms with Crippen molar-refractivity contribution < 1.29 is 0 Å². The number of aromatic nitrogens is 2. The number of benzene rings is 8. The minimum Gasteiger partial charge on any atom is -0.298 e. The Kier molecular flexibility index (Phi) is 6.04. The van der Waals surface area contributed by atoms with Crippen LogP contribution in [0.1, 0.15) is 24.0 Å². The van der Waals surface area contributed by atoms with Gasteiger partial charge in [0.15, 0.2) is 0 Å². The van der Waals surface area contributed by atoms with Gasteiger partial charge in [-0.1, -0.05) is 127 Å². The number of aryl methyl sites for hydroxylation is 2. The molecule has 10 aromatic rings. The van der Waals surface area contributed by atoms with Crippen LogP contribution in [0.25, 0.3) is 105 Å². The molecule has 0 saturated carbocycles. The molecule has 2 aliphatic carbocycles. The van der Waals surface area contributed by atoms with Gasteiger partial charge in [0.1, 0.15) is 5.65 Å². The van der Waals surface area contributed by atoms with E-state index < -0.39 is 0 Å². The standard InChI is InChI=1S/C51H34N2/c1-3-10-36-28-38(20-16-31(36)8-1)48-42-14-5-6-15-43(42)49(39-21-17-32-9-2-4-11-37(32)29-39)51-50(48)52-45-27-24-40(30-53(45)51)41-25-22-35-19-18-33-12-7-13-34-23-26-44(41)47(35)46(33)34/h1-4,7-17,20-30H,5-6,18-19H2. The van der Waals surface area contributed by atoms with Gasteiger partial charge in [0.2, 0.25) is 0 Å². The first-order valence-electron chi connectivity index (χ1n) is 18.9. The van der Waals surface area contributed by atoms with Crippen LogP contribution in [0.4, 0.5) is 0 Å². The van der Waals surface area contributed by atoms with E-state index in [9.17, 15) is 0 Å². The van der Waals surface area contributed by atoms with Crippen LogP contribution in [-0.2, 0) is 12.8 Å². The molecule has 0 unspecified atom stereocenters. The molecule has 8 aromatic carbocycles. The van der Waals surface area contributed by atoms with Gasteiger partial charge in [-0.25, -0.2) is 4.98 Å². The third kappa shape index (κ3) is 4.24. The molecule has 53 heavy (non-hydrogen) atoms. The Hall–Kier alpha value is -6.51. The van der Waals surface area contributed by atoms with Crippen molar-refractivity contribution in [2.24, 2.45) is 0 Å². The topological polar surface area (TPSA) is 17.3 Å². The Morgan fingerprint density at radius 2 is 1.09 bits per heavy atom. The quantitative estimate of drug-likeness (QED) is 0.171. The Bertz CT molecular complexity index is 3340. The summed E-state index contributed by atoms with van der Waals surface area (Å²) in [5.74, 6) is 0. The molecule has 0 N–H and O–H groups in total. The minimum atomic E-state index is 0.963. The third-order valence-electron chi connectivity index (χ3n) is 12.0. The van der Waals surface area contributed by atoms with Crippen molar-refractivity contribution in [3.05, 3.63) is 167 Å². The van der Waals surface area contributed by atoms with Gasteiger partial charge >= 0.3 is 0 Å². The van der Waals surface area contributed by atoms with E-state index >= 15 is 0 Å². The second-order valence-corrected chi connectivity index (χ2v) is 14.9. The van der Waals surface area contributed by atoms with Crippen molar-refractivity contribution in [3.63, 3.8) is 0 Å². The number of hydrogen-bond acceptors (Lipinski definition) is 1. The molecule has 0 bridgehead atoms. The predicted molar refractivity (Wildman–Crippen MR) is 224 cm³/mol. The SMILES string of the molecule is C1=c2c(-c3ccc4ccccc4c3)c3nc4ccc(-c5ccc6c7c5ccc5cccc(c57)CC6)cn4c3c(-c3ccc4ccccc4c3)c2=CCC1. The zero-order chi connectivity index (χ0) is 34.6. The van der Waals surface area contributed by atoms with Gasteiger partial charge in [0, 0.05) is 17.3 Å². The molecule has 2 heteroatoms. The highest BCUT2D eigenvalue weighted by molar-refractivity contribution is 6.16. The second kappa shape index (κ2) is 11.0. The first-order valence-corrected chi connectivity index (χ1v) is 18.9. The zero-order valence-corrected chi connectivity index (χ0v) is 29.2. The molecule has 12 rings (SSSR count). The van der Waals surface area contributed by atoms with E-state index in [1.54, 1.807) is 0 Å². The molecular weight excluding hydrogens is 641 g/mol. The van der Waals surface area contributed by atoms with Crippen molar-refractivity contribution in [1.82, 2.24) is 9.38 Å². The lowest BCUT2D eigenvalue weighted by atomic mass is 9.84. The van der Waals surface area contributed by atoms with Gasteiger partial charge in [-0.15, -0.1) is 0 Å². The van der Waals surface area contributed by atoms with Crippen molar-refractivity contribution >= 4 is 71.9 Å². The van der Waals surface area contributed by atoms with Crippen LogP contribution in [0.5, 0.6) is 0 Å². The number of hydrogen-bond donors (Lipinski definition) is 0. The van der Waals surface area contributed by atoms with E-state index in [0.29, 0.717) is 0 Å². The molecule has 2 aliphatic rings. The van der Waals surface area contributed by atoms with Crippen LogP contribution < -0.4 is 10.4 Å². The van der Waals surface area contributed by atoms with Crippen molar-refractivity contribution in [2.75, 3.05) is 0 Å². The second-order valence-electron chi connectivity index (χ2n) is 14.9. The molecule has 0 radical (unpaired) electrons. The zero-order valence-electron chi connectivity index (χ0n) is 29.2. The van der Waals surface area contributed by atoms with Crippen molar-refractivity contribution in [3.8, 4) is 33.4 Å². The lowest BCUT2D eigenvalue weighted by Gasteiger charge is -2.20. The summed E-state index contributed by atoms with van der Waals surface area (Å²) in [7, 11) is 0. The van der Waals surface area contributed by atoms with Crippen molar-refractivity contribution in [2.45, 2.75) is 25.7 Å². The highest BCUT2D eigenvalue weighted by Crippen LogP contribution is 2.41. The van der Waals surface area contributed by atoms with Gasteiger partial charge in [0.05, 0.1) is 11.0 Å². The largest absolute Gasteiger partial charge is 0.298 e. The smallest absolute Gasteiger partial charge is 0.137 e. The molecule has 0 spiro atoms. The molecule has 0 aliphatic heterocycles. The lowest BCUT2D eigenvalue weighted by molar-refractivity contribution is 0.968. The molecule has 0 atom stereocenters. The van der Waals surface area contributed by atoms with Gasteiger partial charge in [-0.3, -0.25) is 4.40 Å². The summed E-state index contributed by atoms with van der Waals surface area (Å²) >= 11 is 0. The lowest BCUT2D eigenvalue weighted by Crippen LogP contribution is -2.31. The first kappa shape index (κ1) is 29.1. The Labute approximate surface area is 306 Å². The highest BCUT2D eigenvalue weighted by Gasteiger charge is 2.23. The molecule has 2 heterocycles. The van der Waals surface area contributed by atoms with Gasteiger partial charge < -0.3 is 0 Å². The van der Waals surface area contributed by atoms with E-state index in [2.05, 4.69) is 162 Å². The van der Waals surface area contributed by atoms with Crippen LogP contribution >= 0.6 is 0 Å². The Morgan fingerprint density at radius 3 is 1.85 bits per heavy atom. The molecule has 0 saturated heterocycles. The molecule has 2 nitrogen and oxygen atoms in total. The number of pyridine rings is 1. The van der Waals surface area contributed by atoms with E-state index in [0.717, 1.165) is 36.8 Å². The van der Waals surface area contributed by atoms with E-state index in [1.807, 2.05) is 0 Å². The Morgan fingerprint density at radius 1 is 0.472 bits per heavy atom. The molecule has 248 valence electrons. The van der Waals surface area contributed by atoms with E-state index in [4.69, 9.17) is 4.98 Å². The van der Waals surface area contributed by atoms with Gasteiger partial charge in [-0.05, 0) is 137 Å². The average Bonchev–Trinajstić information content (AvgIpc) is 3.59. The number of fused-ring (bicyclic) bond motifs is 6. The van der Waals surface area contributed by atoms with Crippen molar-refractivity contribution in [1.29, 1.82) is 0 Å². The summed E-state index contributed by atoms with van der Waals surface area (Å²) in [4.78, 5) is 5.53. The number of imidazole rings is 1. The van der Waals surface area contributed by atoms with E-state index in [1.165, 1.54) is 104 Å². The maximum absolute atomic E-state index is 5.53. The van der Waals surface area contributed by atoms with Crippen LogP contribution in [0.2, 0.25) is 0 Å². The number of nitrogens with zero attached hydrogens (tertiary/aromatic N) is 2. The van der Waals surface area contributed by atoms with Crippen LogP contribution in [0, 0.1) is 0 Å². The first-order chi connectivity index (χ1) is 26.3. The Balaban J connectivity index is 1.20. The molecule has 0 fully saturated rings. The summed E-state index contributed by atoms with van der Waals surface area (Å²) in [5.41, 5.74) is 13.5. The summed E-state index contributed by atoms with van der Waals surface area (Å²) in [6.45, 7) is 0. The van der Waals surface area contributed by atoms with Crippen LogP contribution in [-0.4, -0.2) is 9.38 Å². The van der Waals surface area contributed by atoms with E-state index in [-0.39, 0.29) is 0 Å². The fourth-order valence-electron chi connectivity index (χ4n) is 9.60. The average molecular weight is 675 g/mol. The van der Waals surface area contributed by atoms with Gasteiger partial charge in [-0.2, -0.15) is 0 Å². The van der Waals surface area contributed by atoms with Crippen LogP contribution in [0.3, 0.4) is 0 Å². The van der Waals surface area contributed by atoms with Crippen LogP contribution in [0.15, 0.2) is 146 Å². The minimum absolute atomic E-state index is 0.963. The normalized spacial score (nSPS) is 13.7. The summed E-state index contributed by atoms with van der Waals surface area (Å²) in [6, 6.07) is 51.9. The summed E-state index contributed by atoms with van der Waals surface area (Å²) in [5, 5.41) is 13.1. The predicted octanol–water partition coefficient (Wildman–Crippen LogP) is 11.6. The summed E-state index contributed by atoms with van der Waals surface area (Å²) in [6.07, 6.45) is 11.5. The fourth-order valence-corrected chi connectivity index (χ4v) is 9.60. The molecule has 0 amide bonds. The molecular formula is C51H34N2. The highest BCUT2D eigenvalue weighted by atomic mass is 15.0. The molecule has 2 aromatic heterocycles.